The Hall–Kier alpha value is -3.14. The van der Waals surface area contributed by atoms with Gasteiger partial charge in [0.2, 0.25) is 0 Å². The van der Waals surface area contributed by atoms with Gasteiger partial charge in [-0.05, 0) is 24.6 Å². The molecule has 0 amide bonds. The Bertz CT molecular complexity index is 955. The number of likely N-dealkylation sites (N-methyl/N-ethyl adjacent to an activating group) is 1. The second-order valence-electron chi connectivity index (χ2n) is 6.36. The van der Waals surface area contributed by atoms with Crippen LogP contribution < -0.4 is 9.80 Å². The third kappa shape index (κ3) is 2.66. The van der Waals surface area contributed by atoms with E-state index in [-0.39, 0.29) is 0 Å². The lowest BCUT2D eigenvalue weighted by Crippen LogP contribution is -2.34. The summed E-state index contributed by atoms with van der Waals surface area (Å²) in [5.41, 5.74) is 2.61. The maximum absolute atomic E-state index is 9.10. The minimum Gasteiger partial charge on any atom is -0.370 e. The standard InChI is InChI=1S/C18H19N7/c1-23(14-5-3-4-13(8-14)9-19)15-6-7-25(11-15)18-16-10-22-24(2)17(16)20-12-21-18/h3-5,8,10,12,15H,6-7,11H2,1-2H3. The number of anilines is 2. The molecular formula is C18H19N7. The van der Waals surface area contributed by atoms with E-state index in [1.54, 1.807) is 11.0 Å². The molecule has 0 radical (unpaired) electrons. The number of fused-ring (bicyclic) bond motifs is 1. The van der Waals surface area contributed by atoms with E-state index < -0.39 is 0 Å². The molecule has 1 unspecified atom stereocenters. The highest BCUT2D eigenvalue weighted by molar-refractivity contribution is 5.86. The van der Waals surface area contributed by atoms with Gasteiger partial charge in [-0.2, -0.15) is 10.4 Å². The van der Waals surface area contributed by atoms with Crippen LogP contribution in [0.15, 0.2) is 36.8 Å². The number of aromatic nitrogens is 4. The first-order valence-corrected chi connectivity index (χ1v) is 8.28. The van der Waals surface area contributed by atoms with Crippen molar-refractivity contribution in [1.82, 2.24) is 19.7 Å². The maximum atomic E-state index is 9.10. The van der Waals surface area contributed by atoms with Crippen LogP contribution in [-0.4, -0.2) is 45.9 Å². The zero-order chi connectivity index (χ0) is 17.4. The molecule has 0 N–H and O–H groups in total. The van der Waals surface area contributed by atoms with E-state index in [4.69, 9.17) is 5.26 Å². The SMILES string of the molecule is CN(c1cccc(C#N)c1)C1CCN(c2ncnc3c2cnn3C)C1. The van der Waals surface area contributed by atoms with Crippen molar-refractivity contribution in [2.24, 2.45) is 7.05 Å². The van der Waals surface area contributed by atoms with Gasteiger partial charge in [0.1, 0.15) is 12.1 Å². The minimum atomic E-state index is 0.371. The lowest BCUT2D eigenvalue weighted by Gasteiger charge is -2.27. The molecule has 0 bridgehead atoms. The van der Waals surface area contributed by atoms with E-state index in [9.17, 15) is 0 Å². The van der Waals surface area contributed by atoms with Gasteiger partial charge in [0.05, 0.1) is 23.2 Å². The fraction of sp³-hybridized carbons (Fsp3) is 0.333. The first kappa shape index (κ1) is 15.4. The second kappa shape index (κ2) is 6.06. The van der Waals surface area contributed by atoms with Crippen LogP contribution in [0.25, 0.3) is 11.0 Å². The molecule has 0 spiro atoms. The van der Waals surface area contributed by atoms with Gasteiger partial charge in [-0.3, -0.25) is 4.68 Å². The van der Waals surface area contributed by atoms with Crippen molar-refractivity contribution >= 4 is 22.5 Å². The normalized spacial score (nSPS) is 17.0. The van der Waals surface area contributed by atoms with Gasteiger partial charge in [-0.1, -0.05) is 6.07 Å². The van der Waals surface area contributed by atoms with Crippen LogP contribution >= 0.6 is 0 Å². The lowest BCUT2D eigenvalue weighted by atomic mass is 10.1. The number of aryl methyl sites for hydroxylation is 1. The molecule has 1 fully saturated rings. The average Bonchev–Trinajstić information content (AvgIpc) is 3.28. The van der Waals surface area contributed by atoms with Gasteiger partial charge < -0.3 is 9.80 Å². The zero-order valence-corrected chi connectivity index (χ0v) is 14.3. The first-order chi connectivity index (χ1) is 12.2. The maximum Gasteiger partial charge on any atom is 0.163 e. The summed E-state index contributed by atoms with van der Waals surface area (Å²) in [6.07, 6.45) is 4.48. The van der Waals surface area contributed by atoms with Gasteiger partial charge in [0.15, 0.2) is 5.65 Å². The Morgan fingerprint density at radius 2 is 2.20 bits per heavy atom. The molecule has 3 aromatic rings. The number of rotatable bonds is 3. The van der Waals surface area contributed by atoms with Gasteiger partial charge in [-0.25, -0.2) is 9.97 Å². The summed E-state index contributed by atoms with van der Waals surface area (Å²) in [5.74, 6) is 0.944. The monoisotopic (exact) mass is 333 g/mol. The van der Waals surface area contributed by atoms with Crippen molar-refractivity contribution in [3.8, 4) is 6.07 Å². The second-order valence-corrected chi connectivity index (χ2v) is 6.36. The molecule has 1 aromatic carbocycles. The molecule has 3 heterocycles. The largest absolute Gasteiger partial charge is 0.370 e. The van der Waals surface area contributed by atoms with Crippen LogP contribution in [0.2, 0.25) is 0 Å². The van der Waals surface area contributed by atoms with Crippen molar-refractivity contribution in [2.45, 2.75) is 12.5 Å². The molecule has 126 valence electrons. The van der Waals surface area contributed by atoms with E-state index in [2.05, 4.69) is 38.0 Å². The Balaban J connectivity index is 1.57. The fourth-order valence-electron chi connectivity index (χ4n) is 3.46. The minimum absolute atomic E-state index is 0.371. The number of hydrogen-bond donors (Lipinski definition) is 0. The molecule has 1 aliphatic rings. The Morgan fingerprint density at radius 3 is 3.04 bits per heavy atom. The summed E-state index contributed by atoms with van der Waals surface area (Å²) in [5, 5.41) is 14.4. The van der Waals surface area contributed by atoms with Crippen LogP contribution in [0.4, 0.5) is 11.5 Å². The molecule has 7 nitrogen and oxygen atoms in total. The molecule has 1 saturated heterocycles. The first-order valence-electron chi connectivity index (χ1n) is 8.28. The molecule has 7 heteroatoms. The highest BCUT2D eigenvalue weighted by Crippen LogP contribution is 2.28. The van der Waals surface area contributed by atoms with Crippen molar-refractivity contribution in [1.29, 1.82) is 5.26 Å². The zero-order valence-electron chi connectivity index (χ0n) is 14.3. The van der Waals surface area contributed by atoms with E-state index in [0.717, 1.165) is 42.0 Å². The lowest BCUT2D eigenvalue weighted by molar-refractivity contribution is 0.692. The van der Waals surface area contributed by atoms with Gasteiger partial charge in [0, 0.05) is 38.9 Å². The van der Waals surface area contributed by atoms with Crippen molar-refractivity contribution in [3.05, 3.63) is 42.4 Å². The summed E-state index contributed by atoms with van der Waals surface area (Å²) in [4.78, 5) is 13.4. The molecule has 0 aliphatic carbocycles. The van der Waals surface area contributed by atoms with Crippen LogP contribution in [-0.2, 0) is 7.05 Å². The van der Waals surface area contributed by atoms with E-state index in [1.807, 2.05) is 37.5 Å². The third-order valence-electron chi connectivity index (χ3n) is 4.90. The molecular weight excluding hydrogens is 314 g/mol. The van der Waals surface area contributed by atoms with Crippen molar-refractivity contribution in [2.75, 3.05) is 29.9 Å². The summed E-state index contributed by atoms with van der Waals surface area (Å²) in [6, 6.07) is 10.3. The molecule has 2 aromatic heterocycles. The van der Waals surface area contributed by atoms with Crippen molar-refractivity contribution < 1.29 is 0 Å². The van der Waals surface area contributed by atoms with Gasteiger partial charge in [0.25, 0.3) is 0 Å². The number of nitriles is 1. The Labute approximate surface area is 146 Å². The highest BCUT2D eigenvalue weighted by atomic mass is 15.3. The Kier molecular flexibility index (Phi) is 3.73. The van der Waals surface area contributed by atoms with E-state index in [1.165, 1.54) is 0 Å². The molecule has 1 atom stereocenters. The average molecular weight is 333 g/mol. The summed E-state index contributed by atoms with van der Waals surface area (Å²) >= 11 is 0. The smallest absolute Gasteiger partial charge is 0.163 e. The molecule has 4 rings (SSSR count). The molecule has 1 aliphatic heterocycles. The summed E-state index contributed by atoms with van der Waals surface area (Å²) in [7, 11) is 3.98. The topological polar surface area (TPSA) is 73.9 Å². The number of nitrogens with zero attached hydrogens (tertiary/aromatic N) is 7. The highest BCUT2D eigenvalue weighted by Gasteiger charge is 2.28. The van der Waals surface area contributed by atoms with Crippen LogP contribution in [0.1, 0.15) is 12.0 Å². The van der Waals surface area contributed by atoms with Crippen molar-refractivity contribution in [3.63, 3.8) is 0 Å². The predicted molar refractivity (Wildman–Crippen MR) is 96.5 cm³/mol. The van der Waals surface area contributed by atoms with Gasteiger partial charge in [-0.15, -0.1) is 0 Å². The Morgan fingerprint density at radius 1 is 1.32 bits per heavy atom. The van der Waals surface area contributed by atoms with E-state index in [0.29, 0.717) is 11.6 Å². The van der Waals surface area contributed by atoms with Crippen LogP contribution in [0.3, 0.4) is 0 Å². The number of benzene rings is 1. The van der Waals surface area contributed by atoms with E-state index >= 15 is 0 Å². The van der Waals surface area contributed by atoms with Crippen LogP contribution in [0.5, 0.6) is 0 Å². The summed E-state index contributed by atoms with van der Waals surface area (Å²) in [6.45, 7) is 1.82. The molecule has 25 heavy (non-hydrogen) atoms. The summed E-state index contributed by atoms with van der Waals surface area (Å²) < 4.78 is 1.77. The third-order valence-corrected chi connectivity index (χ3v) is 4.90. The predicted octanol–water partition coefficient (Wildman–Crippen LogP) is 1.95. The molecule has 0 saturated carbocycles. The fourth-order valence-corrected chi connectivity index (χ4v) is 3.46. The number of hydrogen-bond acceptors (Lipinski definition) is 6. The van der Waals surface area contributed by atoms with Crippen LogP contribution in [0, 0.1) is 11.3 Å². The quantitative estimate of drug-likeness (QED) is 0.729. The van der Waals surface area contributed by atoms with Gasteiger partial charge >= 0.3 is 0 Å².